The van der Waals surface area contributed by atoms with Crippen LogP contribution in [0.3, 0.4) is 0 Å². The van der Waals surface area contributed by atoms with E-state index in [1.54, 1.807) is 13.8 Å². The first-order valence-electron chi connectivity index (χ1n) is 17.6. The predicted octanol–water partition coefficient (Wildman–Crippen LogP) is 1.86. The number of hydrogen-bond acceptors (Lipinski definition) is 8. The summed E-state index contributed by atoms with van der Waals surface area (Å²) in [5, 5.41) is 44.0. The Labute approximate surface area is 292 Å². The van der Waals surface area contributed by atoms with Gasteiger partial charge in [0.05, 0.1) is 37.1 Å². The molecule has 0 bridgehead atoms. The van der Waals surface area contributed by atoms with Crippen molar-refractivity contribution in [3.05, 3.63) is 0 Å². The molecule has 0 radical (unpaired) electrons. The summed E-state index contributed by atoms with van der Waals surface area (Å²) in [5.74, 6) is -3.85. The second-order valence-corrected chi connectivity index (χ2v) is 15.3. The number of carbonyl (C=O) groups excluding carboxylic acids is 5. The van der Waals surface area contributed by atoms with Gasteiger partial charge in [0.15, 0.2) is 0 Å². The fraction of sp³-hybridized carbons (Fsp3) is 0.829. The molecule has 49 heavy (non-hydrogen) atoms. The summed E-state index contributed by atoms with van der Waals surface area (Å²) >= 11 is 0. The van der Waals surface area contributed by atoms with Gasteiger partial charge in [0.25, 0.3) is 0 Å². The van der Waals surface area contributed by atoms with Crippen molar-refractivity contribution in [2.75, 3.05) is 0 Å². The average molecular weight is 700 g/mol. The van der Waals surface area contributed by atoms with Gasteiger partial charge in [0, 0.05) is 6.42 Å². The van der Waals surface area contributed by atoms with E-state index in [4.69, 9.17) is 5.11 Å². The highest BCUT2D eigenvalue weighted by Gasteiger charge is 2.33. The number of aliphatic carboxylic acids is 1. The van der Waals surface area contributed by atoms with Crippen LogP contribution in [0.2, 0.25) is 0 Å². The fourth-order valence-corrected chi connectivity index (χ4v) is 5.35. The quantitative estimate of drug-likeness (QED) is 0.0778. The minimum atomic E-state index is -1.33. The van der Waals surface area contributed by atoms with Crippen LogP contribution in [-0.4, -0.2) is 93.2 Å². The number of aliphatic hydroxyl groups excluding tert-OH is 2. The monoisotopic (exact) mass is 699 g/mol. The molecule has 0 aliphatic rings. The van der Waals surface area contributed by atoms with Gasteiger partial charge in [0.1, 0.15) is 18.1 Å². The van der Waals surface area contributed by atoms with E-state index in [-0.39, 0.29) is 41.9 Å². The van der Waals surface area contributed by atoms with E-state index in [1.165, 1.54) is 6.92 Å². The number of aliphatic hydroxyl groups is 2. The Bertz CT molecular complexity index is 1080. The minimum absolute atomic E-state index is 0.0151. The zero-order chi connectivity index (χ0) is 38.2. The van der Waals surface area contributed by atoms with Crippen LogP contribution in [0.1, 0.15) is 115 Å². The first-order valence-corrected chi connectivity index (χ1v) is 17.6. The number of carbonyl (C=O) groups is 6. The maximum Gasteiger partial charge on any atom is 0.306 e. The maximum atomic E-state index is 13.6. The van der Waals surface area contributed by atoms with Crippen LogP contribution in [0.15, 0.2) is 0 Å². The van der Waals surface area contributed by atoms with E-state index < -0.39 is 84.9 Å². The molecule has 0 unspecified atom stereocenters. The molecule has 7 atom stereocenters. The second-order valence-electron chi connectivity index (χ2n) is 15.3. The summed E-state index contributed by atoms with van der Waals surface area (Å²) in [7, 11) is 0. The number of carboxylic acids is 1. The normalized spacial score (nSPS) is 16.0. The highest BCUT2D eigenvalue weighted by molar-refractivity contribution is 5.92. The van der Waals surface area contributed by atoms with Crippen molar-refractivity contribution < 1.29 is 44.1 Å². The molecule has 0 rings (SSSR count). The van der Waals surface area contributed by atoms with Gasteiger partial charge in [-0.05, 0) is 55.8 Å². The summed E-state index contributed by atoms with van der Waals surface area (Å²) in [4.78, 5) is 76.2. The van der Waals surface area contributed by atoms with Crippen molar-refractivity contribution >= 4 is 35.5 Å². The van der Waals surface area contributed by atoms with Crippen LogP contribution in [0.25, 0.3) is 0 Å². The van der Waals surface area contributed by atoms with Crippen molar-refractivity contribution in [3.8, 4) is 0 Å². The smallest absolute Gasteiger partial charge is 0.306 e. The van der Waals surface area contributed by atoms with Crippen molar-refractivity contribution in [2.24, 2.45) is 29.6 Å². The highest BCUT2D eigenvalue weighted by Crippen LogP contribution is 2.15. The summed E-state index contributed by atoms with van der Waals surface area (Å²) < 4.78 is 0. The lowest BCUT2D eigenvalue weighted by atomic mass is 9.95. The summed E-state index contributed by atoms with van der Waals surface area (Å²) in [6.45, 7) is 20.1. The summed E-state index contributed by atoms with van der Waals surface area (Å²) in [6, 6.07) is -4.59. The van der Waals surface area contributed by atoms with Gasteiger partial charge < -0.3 is 41.9 Å². The topological polar surface area (TPSA) is 223 Å². The molecule has 14 heteroatoms. The van der Waals surface area contributed by atoms with Crippen LogP contribution in [0, 0.1) is 29.6 Å². The lowest BCUT2D eigenvalue weighted by molar-refractivity contribution is -0.140. The lowest BCUT2D eigenvalue weighted by Gasteiger charge is -2.30. The van der Waals surface area contributed by atoms with Crippen LogP contribution in [0.4, 0.5) is 0 Å². The van der Waals surface area contributed by atoms with Crippen molar-refractivity contribution in [3.63, 3.8) is 0 Å². The van der Waals surface area contributed by atoms with E-state index in [0.717, 1.165) is 0 Å². The Morgan fingerprint density at radius 1 is 0.490 bits per heavy atom. The van der Waals surface area contributed by atoms with Gasteiger partial charge in [-0.15, -0.1) is 0 Å². The Kier molecular flexibility index (Phi) is 21.0. The molecule has 0 aliphatic carbocycles. The maximum absolute atomic E-state index is 13.6. The van der Waals surface area contributed by atoms with E-state index >= 15 is 0 Å². The van der Waals surface area contributed by atoms with Gasteiger partial charge in [0.2, 0.25) is 29.5 Å². The highest BCUT2D eigenvalue weighted by atomic mass is 16.4. The Morgan fingerprint density at radius 2 is 0.939 bits per heavy atom. The van der Waals surface area contributed by atoms with E-state index in [2.05, 4.69) is 26.6 Å². The lowest BCUT2D eigenvalue weighted by Crippen LogP contribution is -2.58. The molecule has 5 amide bonds. The largest absolute Gasteiger partial charge is 0.481 e. The molecule has 0 fully saturated rings. The summed E-state index contributed by atoms with van der Waals surface area (Å²) in [6.07, 6.45) is -2.46. The predicted molar refractivity (Wildman–Crippen MR) is 187 cm³/mol. The van der Waals surface area contributed by atoms with Gasteiger partial charge in [-0.3, -0.25) is 28.8 Å². The third-order valence-corrected chi connectivity index (χ3v) is 7.78. The van der Waals surface area contributed by atoms with Gasteiger partial charge in [-0.25, -0.2) is 0 Å². The van der Waals surface area contributed by atoms with Crippen LogP contribution in [-0.2, 0) is 28.8 Å². The zero-order valence-corrected chi connectivity index (χ0v) is 31.5. The Hall–Kier alpha value is -3.26. The molecule has 0 saturated carbocycles. The van der Waals surface area contributed by atoms with Gasteiger partial charge in [-0.1, -0.05) is 69.2 Å². The number of carboxylic acid groups (broad SMARTS) is 1. The van der Waals surface area contributed by atoms with Crippen LogP contribution in [0.5, 0.6) is 0 Å². The standard InChI is InChI=1S/C35H65N5O9/c1-18(2)12-24(27(41)16-30(44)36-23(11)33(47)37-25(13-19(3)4)28(42)17-31(45)46)38-34(48)26(14-20(5)6)39-35(49)32(22(9)10)40-29(43)15-21(7)8/h18-28,32,41-42H,12-17H2,1-11H3,(H,36,44)(H,37,47)(H,38,48)(H,39,49)(H,40,43)(H,45,46)/t23-,24-,25-,26-,27-,28-,32-/m0/s1. The first kappa shape index (κ1) is 45.7. The molecule has 8 N–H and O–H groups in total. The second kappa shape index (κ2) is 22.5. The van der Waals surface area contributed by atoms with Crippen LogP contribution >= 0.6 is 0 Å². The molecule has 0 aromatic carbocycles. The van der Waals surface area contributed by atoms with Crippen molar-refractivity contribution in [2.45, 2.75) is 157 Å². The molecule has 0 spiro atoms. The van der Waals surface area contributed by atoms with Crippen molar-refractivity contribution in [1.29, 1.82) is 0 Å². The fourth-order valence-electron chi connectivity index (χ4n) is 5.35. The average Bonchev–Trinajstić information content (AvgIpc) is 2.92. The van der Waals surface area contributed by atoms with E-state index in [9.17, 15) is 39.0 Å². The number of rotatable bonds is 23. The molecule has 0 aromatic heterocycles. The Morgan fingerprint density at radius 3 is 1.37 bits per heavy atom. The molecular weight excluding hydrogens is 634 g/mol. The number of amides is 5. The Balaban J connectivity index is 5.69. The first-order chi connectivity index (χ1) is 22.5. The molecule has 0 saturated heterocycles. The van der Waals surface area contributed by atoms with Crippen molar-refractivity contribution in [1.82, 2.24) is 26.6 Å². The number of hydrogen-bond donors (Lipinski definition) is 8. The molecule has 284 valence electrons. The SMILES string of the molecule is CC(C)CC(=O)N[C@H](C(=O)N[C@@H](CC(C)C)C(=O)N[C@@H](CC(C)C)[C@@H](O)CC(=O)N[C@@H](C)C(=O)N[C@@H](CC(C)C)[C@@H](O)CC(=O)O)C(C)C. The van der Waals surface area contributed by atoms with Gasteiger partial charge >= 0.3 is 5.97 Å². The summed E-state index contributed by atoms with van der Waals surface area (Å²) in [5.41, 5.74) is 0. The molecule has 0 aromatic rings. The van der Waals surface area contributed by atoms with E-state index in [1.807, 2.05) is 55.4 Å². The van der Waals surface area contributed by atoms with Gasteiger partial charge in [-0.2, -0.15) is 0 Å². The molecule has 0 aliphatic heterocycles. The third-order valence-electron chi connectivity index (χ3n) is 7.78. The third kappa shape index (κ3) is 19.5. The molecule has 0 heterocycles. The zero-order valence-electron chi connectivity index (χ0n) is 31.5. The minimum Gasteiger partial charge on any atom is -0.481 e. The molecule has 14 nitrogen and oxygen atoms in total. The number of nitrogens with one attached hydrogen (secondary N) is 5. The van der Waals surface area contributed by atoms with E-state index in [0.29, 0.717) is 19.3 Å². The molecular formula is C35H65N5O9. The van der Waals surface area contributed by atoms with Crippen LogP contribution < -0.4 is 26.6 Å².